The number of hydrazone groups is 1. The Hall–Kier alpha value is 0.0800. The van der Waals surface area contributed by atoms with Crippen molar-refractivity contribution in [3.63, 3.8) is 0 Å². The molecule has 1 fully saturated rings. The fourth-order valence-corrected chi connectivity index (χ4v) is 2.10. The van der Waals surface area contributed by atoms with Crippen LogP contribution < -0.4 is 0 Å². The standard InChI is InChI=1S/C9H17BrN3P/c1-8(10)7-13(11-2)9-3-5-12(14)6-4-9/h7,9H,2-6,14H2,1H3. The van der Waals surface area contributed by atoms with Gasteiger partial charge in [-0.15, -0.1) is 0 Å². The van der Waals surface area contributed by atoms with Gasteiger partial charge in [0.25, 0.3) is 0 Å². The van der Waals surface area contributed by atoms with Gasteiger partial charge in [0.05, 0.1) is 6.04 Å². The molecule has 3 nitrogen and oxygen atoms in total. The van der Waals surface area contributed by atoms with Crippen LogP contribution in [0, 0.1) is 0 Å². The van der Waals surface area contributed by atoms with Crippen LogP contribution in [-0.4, -0.2) is 35.5 Å². The summed E-state index contributed by atoms with van der Waals surface area (Å²) in [6, 6.07) is 0.497. The van der Waals surface area contributed by atoms with E-state index >= 15 is 0 Å². The minimum atomic E-state index is 0.497. The van der Waals surface area contributed by atoms with Crippen LogP contribution in [-0.2, 0) is 0 Å². The maximum Gasteiger partial charge on any atom is 0.0543 e. The summed E-state index contributed by atoms with van der Waals surface area (Å²) >= 11 is 3.41. The molecule has 0 aromatic rings. The van der Waals surface area contributed by atoms with Crippen molar-refractivity contribution in [2.75, 3.05) is 13.1 Å². The third kappa shape index (κ3) is 3.68. The van der Waals surface area contributed by atoms with Crippen molar-refractivity contribution in [3.05, 3.63) is 10.7 Å². The summed E-state index contributed by atoms with van der Waals surface area (Å²) in [4.78, 5) is 0. The highest BCUT2D eigenvalue weighted by Gasteiger charge is 2.20. The Bertz CT molecular complexity index is 220. The molecule has 1 aliphatic heterocycles. The summed E-state index contributed by atoms with van der Waals surface area (Å²) in [5.41, 5.74) is 0. The van der Waals surface area contributed by atoms with Gasteiger partial charge in [-0.2, -0.15) is 5.10 Å². The second-order valence-electron chi connectivity index (χ2n) is 3.50. The average molecular weight is 278 g/mol. The summed E-state index contributed by atoms with van der Waals surface area (Å²) in [7, 11) is 2.75. The number of piperidine rings is 1. The van der Waals surface area contributed by atoms with Crippen molar-refractivity contribution in [1.29, 1.82) is 0 Å². The summed E-state index contributed by atoms with van der Waals surface area (Å²) in [5.74, 6) is 0. The smallest absolute Gasteiger partial charge is 0.0543 e. The van der Waals surface area contributed by atoms with Gasteiger partial charge in [0, 0.05) is 30.5 Å². The van der Waals surface area contributed by atoms with Gasteiger partial charge in [0.2, 0.25) is 0 Å². The highest BCUT2D eigenvalue weighted by Crippen LogP contribution is 2.20. The Morgan fingerprint density at radius 1 is 1.64 bits per heavy atom. The predicted molar refractivity (Wildman–Crippen MR) is 68.4 cm³/mol. The quantitative estimate of drug-likeness (QED) is 0.448. The van der Waals surface area contributed by atoms with Crippen LogP contribution in [0.25, 0.3) is 0 Å². The molecule has 0 N–H and O–H groups in total. The molecule has 1 atom stereocenters. The lowest BCUT2D eigenvalue weighted by Gasteiger charge is -2.33. The molecule has 0 saturated carbocycles. The molecule has 0 radical (unpaired) electrons. The highest BCUT2D eigenvalue weighted by atomic mass is 79.9. The van der Waals surface area contributed by atoms with Crippen LogP contribution >= 0.6 is 25.3 Å². The third-order valence-corrected chi connectivity index (χ3v) is 3.07. The first-order valence-electron chi connectivity index (χ1n) is 4.72. The zero-order valence-corrected chi connectivity index (χ0v) is 11.2. The van der Waals surface area contributed by atoms with Crippen LogP contribution in [0.15, 0.2) is 15.8 Å². The number of hydrogen-bond acceptors (Lipinski definition) is 3. The Balaban J connectivity index is 2.53. The molecule has 0 spiro atoms. The van der Waals surface area contributed by atoms with Gasteiger partial charge in [-0.3, -0.25) is 9.68 Å². The van der Waals surface area contributed by atoms with Crippen molar-refractivity contribution >= 4 is 32.0 Å². The van der Waals surface area contributed by atoms with E-state index in [0.717, 1.165) is 30.4 Å². The minimum Gasteiger partial charge on any atom is -0.287 e. The van der Waals surface area contributed by atoms with E-state index in [1.807, 2.05) is 18.1 Å². The van der Waals surface area contributed by atoms with Crippen LogP contribution in [0.3, 0.4) is 0 Å². The summed E-state index contributed by atoms with van der Waals surface area (Å²) < 4.78 is 3.35. The minimum absolute atomic E-state index is 0.497. The van der Waals surface area contributed by atoms with Crippen molar-refractivity contribution in [2.45, 2.75) is 25.8 Å². The maximum atomic E-state index is 4.03. The van der Waals surface area contributed by atoms with Gasteiger partial charge in [0.1, 0.15) is 0 Å². The molecule has 0 amide bonds. The SMILES string of the molecule is C=NN(C=C(C)Br)C1CCN(P)CC1. The lowest BCUT2D eigenvalue weighted by atomic mass is 10.1. The lowest BCUT2D eigenvalue weighted by molar-refractivity contribution is 0.201. The summed E-state index contributed by atoms with van der Waals surface area (Å²) in [6.07, 6.45) is 4.27. The van der Waals surface area contributed by atoms with Crippen molar-refractivity contribution < 1.29 is 0 Å². The summed E-state index contributed by atoms with van der Waals surface area (Å²) in [5, 5.41) is 5.99. The molecule has 0 aromatic carbocycles. The van der Waals surface area contributed by atoms with E-state index in [1.54, 1.807) is 0 Å². The predicted octanol–water partition coefficient (Wildman–Crippen LogP) is 2.41. The normalized spacial score (nSPS) is 20.9. The molecular weight excluding hydrogens is 261 g/mol. The van der Waals surface area contributed by atoms with E-state index in [4.69, 9.17) is 0 Å². The van der Waals surface area contributed by atoms with E-state index in [2.05, 4.69) is 41.8 Å². The molecule has 1 saturated heterocycles. The Labute approximate surface area is 96.6 Å². The van der Waals surface area contributed by atoms with Gasteiger partial charge in [-0.05, 0) is 19.8 Å². The molecule has 1 rings (SSSR count). The molecule has 0 aromatic heterocycles. The third-order valence-electron chi connectivity index (χ3n) is 2.35. The number of allylic oxidation sites excluding steroid dienone is 1. The van der Waals surface area contributed by atoms with Crippen LogP contribution in [0.5, 0.6) is 0 Å². The van der Waals surface area contributed by atoms with E-state index in [9.17, 15) is 0 Å². The molecule has 1 aliphatic rings. The maximum absolute atomic E-state index is 4.03. The van der Waals surface area contributed by atoms with E-state index in [-0.39, 0.29) is 0 Å². The lowest BCUT2D eigenvalue weighted by Crippen LogP contribution is -2.37. The number of nitrogens with zero attached hydrogens (tertiary/aromatic N) is 3. The Kier molecular flexibility index (Phi) is 5.07. The average Bonchev–Trinajstić information content (AvgIpc) is 2.15. The number of rotatable bonds is 3. The van der Waals surface area contributed by atoms with Gasteiger partial charge in [-0.25, -0.2) is 0 Å². The first-order chi connectivity index (χ1) is 6.63. The first-order valence-corrected chi connectivity index (χ1v) is 6.03. The van der Waals surface area contributed by atoms with Crippen molar-refractivity contribution in [3.8, 4) is 0 Å². The monoisotopic (exact) mass is 277 g/mol. The summed E-state index contributed by atoms with van der Waals surface area (Å²) in [6.45, 7) is 7.82. The molecule has 0 aliphatic carbocycles. The van der Waals surface area contributed by atoms with Crippen LogP contribution in [0.2, 0.25) is 0 Å². The topological polar surface area (TPSA) is 18.8 Å². The molecular formula is C9H17BrN3P. The Morgan fingerprint density at radius 2 is 2.21 bits per heavy atom. The zero-order chi connectivity index (χ0) is 10.6. The highest BCUT2D eigenvalue weighted by molar-refractivity contribution is 9.11. The first kappa shape index (κ1) is 12.2. The number of halogens is 1. The van der Waals surface area contributed by atoms with Gasteiger partial charge in [-0.1, -0.05) is 25.3 Å². The van der Waals surface area contributed by atoms with Crippen molar-refractivity contribution in [2.24, 2.45) is 5.10 Å². The van der Waals surface area contributed by atoms with Gasteiger partial charge >= 0.3 is 0 Å². The van der Waals surface area contributed by atoms with E-state index in [1.165, 1.54) is 0 Å². The van der Waals surface area contributed by atoms with E-state index in [0.29, 0.717) is 6.04 Å². The van der Waals surface area contributed by atoms with Crippen molar-refractivity contribution in [1.82, 2.24) is 9.68 Å². The second-order valence-corrected chi connectivity index (χ2v) is 5.49. The number of hydrogen-bond donors (Lipinski definition) is 0. The second kappa shape index (κ2) is 5.84. The zero-order valence-electron chi connectivity index (χ0n) is 8.49. The molecule has 0 bridgehead atoms. The fraction of sp³-hybridized carbons (Fsp3) is 0.667. The molecule has 14 heavy (non-hydrogen) atoms. The van der Waals surface area contributed by atoms with E-state index < -0.39 is 0 Å². The molecule has 80 valence electrons. The van der Waals surface area contributed by atoms with Gasteiger partial charge in [0.15, 0.2) is 0 Å². The Morgan fingerprint density at radius 3 is 2.64 bits per heavy atom. The molecule has 5 heteroatoms. The largest absolute Gasteiger partial charge is 0.287 e. The molecule has 1 heterocycles. The molecule has 1 unspecified atom stereocenters. The van der Waals surface area contributed by atoms with Crippen LogP contribution in [0.1, 0.15) is 19.8 Å². The van der Waals surface area contributed by atoms with Crippen LogP contribution in [0.4, 0.5) is 0 Å². The fourth-order valence-electron chi connectivity index (χ4n) is 1.59. The van der Waals surface area contributed by atoms with Gasteiger partial charge < -0.3 is 0 Å².